The highest BCUT2D eigenvalue weighted by atomic mass is 32.2. The van der Waals surface area contributed by atoms with Gasteiger partial charge in [0.25, 0.3) is 0 Å². The van der Waals surface area contributed by atoms with E-state index in [1.165, 1.54) is 0 Å². The molecule has 0 saturated heterocycles. The smallest absolute Gasteiger partial charge is 0.212 e. The molecule has 1 aromatic heterocycles. The molecule has 0 spiro atoms. The van der Waals surface area contributed by atoms with Gasteiger partial charge in [-0.1, -0.05) is 25.1 Å². The highest BCUT2D eigenvalue weighted by Crippen LogP contribution is 2.46. The van der Waals surface area contributed by atoms with E-state index in [2.05, 4.69) is 21.4 Å². The number of anilines is 1. The van der Waals surface area contributed by atoms with Crippen molar-refractivity contribution in [3.63, 3.8) is 0 Å². The molecule has 2 N–H and O–H groups in total. The monoisotopic (exact) mass is 427 g/mol. The van der Waals surface area contributed by atoms with Gasteiger partial charge >= 0.3 is 0 Å². The molecule has 2 aromatic rings. The Morgan fingerprint density at radius 3 is 2.87 bits per heavy atom. The summed E-state index contributed by atoms with van der Waals surface area (Å²) in [7, 11) is -3.31. The Morgan fingerprint density at radius 1 is 1.27 bits per heavy atom. The van der Waals surface area contributed by atoms with Crippen LogP contribution in [0.15, 0.2) is 52.6 Å². The van der Waals surface area contributed by atoms with Crippen LogP contribution in [0.25, 0.3) is 5.57 Å². The summed E-state index contributed by atoms with van der Waals surface area (Å²) in [6.45, 7) is 4.06. The van der Waals surface area contributed by atoms with E-state index in [4.69, 9.17) is 9.84 Å². The minimum absolute atomic E-state index is 0.0512. The highest BCUT2D eigenvalue weighted by molar-refractivity contribution is 7.91. The van der Waals surface area contributed by atoms with Crippen molar-refractivity contribution in [1.82, 2.24) is 4.98 Å². The molecule has 2 aliphatic rings. The van der Waals surface area contributed by atoms with Gasteiger partial charge in [0.1, 0.15) is 11.9 Å². The van der Waals surface area contributed by atoms with Gasteiger partial charge in [0, 0.05) is 36.9 Å². The van der Waals surface area contributed by atoms with Gasteiger partial charge in [0.2, 0.25) is 5.90 Å². The van der Waals surface area contributed by atoms with E-state index in [9.17, 15) is 8.42 Å². The number of aliphatic imine (C=N–C) groups is 1. The zero-order valence-electron chi connectivity index (χ0n) is 17.0. The molecule has 0 fully saturated rings. The molecule has 2 unspecified atom stereocenters. The van der Waals surface area contributed by atoms with E-state index in [0.717, 1.165) is 28.1 Å². The Balaban J connectivity index is 1.79. The van der Waals surface area contributed by atoms with Crippen LogP contribution in [0.1, 0.15) is 36.0 Å². The van der Waals surface area contributed by atoms with E-state index in [-0.39, 0.29) is 24.3 Å². The number of nitrogens with zero attached hydrogens (tertiary/aromatic N) is 2. The van der Waals surface area contributed by atoms with Crippen molar-refractivity contribution in [1.29, 1.82) is 0 Å². The topological polar surface area (TPSA) is 101 Å². The second kappa shape index (κ2) is 8.20. The number of fused-ring (bicyclic) bond motifs is 3. The van der Waals surface area contributed by atoms with Crippen LogP contribution in [0.5, 0.6) is 0 Å². The Bertz CT molecular complexity index is 1120. The number of benzene rings is 1. The molecule has 158 valence electrons. The van der Waals surface area contributed by atoms with E-state index in [0.29, 0.717) is 23.8 Å². The summed E-state index contributed by atoms with van der Waals surface area (Å²) in [4.78, 5) is 9.37. The summed E-state index contributed by atoms with van der Waals surface area (Å²) in [6.07, 6.45) is 4.09. The molecule has 3 heterocycles. The van der Waals surface area contributed by atoms with Gasteiger partial charge < -0.3 is 15.2 Å². The van der Waals surface area contributed by atoms with Gasteiger partial charge in [-0.25, -0.2) is 18.4 Å². The van der Waals surface area contributed by atoms with Crippen molar-refractivity contribution < 1.29 is 18.3 Å². The number of aromatic nitrogens is 1. The Morgan fingerprint density at radius 2 is 2.10 bits per heavy atom. The van der Waals surface area contributed by atoms with Crippen LogP contribution < -0.4 is 5.32 Å². The van der Waals surface area contributed by atoms with Gasteiger partial charge in [0.15, 0.2) is 9.84 Å². The SMILES string of the molecule is CCS(=O)(=O)c1cccc(C2=CN=C(OCCCO)C3Nc4ncc(C)cc4C23)c1. The van der Waals surface area contributed by atoms with Crippen molar-refractivity contribution in [2.45, 2.75) is 37.1 Å². The van der Waals surface area contributed by atoms with Crippen molar-refractivity contribution >= 4 is 27.1 Å². The first-order valence-corrected chi connectivity index (χ1v) is 11.7. The molecule has 0 aliphatic carbocycles. The average molecular weight is 428 g/mol. The quantitative estimate of drug-likeness (QED) is 0.688. The number of nitrogens with one attached hydrogen (secondary N) is 1. The second-order valence-corrected chi connectivity index (χ2v) is 9.74. The number of sulfone groups is 1. The van der Waals surface area contributed by atoms with E-state index < -0.39 is 9.84 Å². The van der Waals surface area contributed by atoms with Crippen molar-refractivity contribution in [2.24, 2.45) is 4.99 Å². The fourth-order valence-electron chi connectivity index (χ4n) is 3.86. The normalized spacial score (nSPS) is 20.0. The minimum Gasteiger partial charge on any atom is -0.479 e. The van der Waals surface area contributed by atoms with Gasteiger partial charge in [0.05, 0.1) is 17.3 Å². The fourth-order valence-corrected chi connectivity index (χ4v) is 4.79. The largest absolute Gasteiger partial charge is 0.479 e. The first-order chi connectivity index (χ1) is 14.4. The molecule has 4 rings (SSSR count). The van der Waals surface area contributed by atoms with Crippen LogP contribution in [0.2, 0.25) is 0 Å². The number of aliphatic hydroxyl groups is 1. The van der Waals surface area contributed by atoms with Crippen LogP contribution in [0.3, 0.4) is 0 Å². The zero-order valence-corrected chi connectivity index (χ0v) is 17.8. The first-order valence-electron chi connectivity index (χ1n) is 10.0. The van der Waals surface area contributed by atoms with Crippen LogP contribution in [0, 0.1) is 6.92 Å². The average Bonchev–Trinajstić information content (AvgIpc) is 3.13. The lowest BCUT2D eigenvalue weighted by molar-refractivity contribution is 0.222. The number of hydrogen-bond acceptors (Lipinski definition) is 7. The number of rotatable bonds is 6. The van der Waals surface area contributed by atoms with Gasteiger partial charge in [-0.15, -0.1) is 0 Å². The summed E-state index contributed by atoms with van der Waals surface area (Å²) in [6, 6.07) is 8.88. The Labute approximate surface area is 176 Å². The molecule has 30 heavy (non-hydrogen) atoms. The third-order valence-corrected chi connectivity index (χ3v) is 7.14. The molecular formula is C22H25N3O4S. The zero-order chi connectivity index (χ0) is 21.3. The molecule has 7 nitrogen and oxygen atoms in total. The molecule has 2 atom stereocenters. The molecular weight excluding hydrogens is 402 g/mol. The number of hydrogen-bond donors (Lipinski definition) is 2. The number of pyridine rings is 1. The molecule has 0 radical (unpaired) electrons. The molecule has 0 bridgehead atoms. The summed E-state index contributed by atoms with van der Waals surface area (Å²) in [5.41, 5.74) is 3.81. The minimum atomic E-state index is -3.31. The fraction of sp³-hybridized carbons (Fsp3) is 0.364. The lowest BCUT2D eigenvalue weighted by atomic mass is 9.83. The molecule has 0 amide bonds. The van der Waals surface area contributed by atoms with Crippen molar-refractivity contribution in [3.8, 4) is 0 Å². The van der Waals surface area contributed by atoms with Crippen LogP contribution in [0.4, 0.5) is 5.82 Å². The third-order valence-electron chi connectivity index (χ3n) is 5.41. The van der Waals surface area contributed by atoms with Gasteiger partial charge in [-0.3, -0.25) is 0 Å². The lowest BCUT2D eigenvalue weighted by Crippen LogP contribution is -2.35. The lowest BCUT2D eigenvalue weighted by Gasteiger charge is -2.27. The number of ether oxygens (including phenoxy) is 1. The first kappa shape index (κ1) is 20.6. The maximum atomic E-state index is 12.4. The van der Waals surface area contributed by atoms with Crippen molar-refractivity contribution in [3.05, 3.63) is 59.4 Å². The Hall–Kier alpha value is -2.71. The summed E-state index contributed by atoms with van der Waals surface area (Å²) >= 11 is 0. The van der Waals surface area contributed by atoms with Crippen LogP contribution >= 0.6 is 0 Å². The predicted molar refractivity (Wildman–Crippen MR) is 116 cm³/mol. The molecule has 2 aliphatic heterocycles. The molecule has 0 saturated carbocycles. The van der Waals surface area contributed by atoms with Gasteiger partial charge in [-0.05, 0) is 35.8 Å². The van der Waals surface area contributed by atoms with Crippen LogP contribution in [-0.4, -0.2) is 49.4 Å². The number of aryl methyl sites for hydroxylation is 1. The summed E-state index contributed by atoms with van der Waals surface area (Å²) in [5, 5.41) is 12.5. The maximum Gasteiger partial charge on any atom is 0.212 e. The molecule has 8 heteroatoms. The second-order valence-electron chi connectivity index (χ2n) is 7.46. The van der Waals surface area contributed by atoms with E-state index in [1.54, 1.807) is 31.3 Å². The standard InChI is InChI=1S/C22H25N3O4S/c1-3-30(27,28)16-7-4-6-15(11-16)18-13-24-22(29-9-5-8-26)20-19(18)17-10-14(2)12-23-21(17)25-20/h4,6-7,10-13,19-20,26H,3,5,8-9H2,1-2H3,(H,23,25). The van der Waals surface area contributed by atoms with E-state index in [1.807, 2.05) is 19.2 Å². The number of aliphatic hydroxyl groups excluding tert-OH is 1. The van der Waals surface area contributed by atoms with Crippen molar-refractivity contribution in [2.75, 3.05) is 24.3 Å². The van der Waals surface area contributed by atoms with Crippen LogP contribution in [-0.2, 0) is 14.6 Å². The van der Waals surface area contributed by atoms with E-state index >= 15 is 0 Å². The maximum absolute atomic E-state index is 12.4. The third kappa shape index (κ3) is 3.73. The predicted octanol–water partition coefficient (Wildman–Crippen LogP) is 2.91. The highest BCUT2D eigenvalue weighted by Gasteiger charge is 2.42. The Kier molecular flexibility index (Phi) is 5.62. The summed E-state index contributed by atoms with van der Waals surface area (Å²) in [5.74, 6) is 1.27. The molecule has 1 aromatic carbocycles. The summed E-state index contributed by atoms with van der Waals surface area (Å²) < 4.78 is 30.6. The van der Waals surface area contributed by atoms with Gasteiger partial charge in [-0.2, -0.15) is 0 Å².